The molecule has 0 spiro atoms. The third-order valence-corrected chi connectivity index (χ3v) is 3.20. The number of rotatable bonds is 1. The van der Waals surface area contributed by atoms with Crippen molar-refractivity contribution in [3.05, 3.63) is 35.9 Å². The molecule has 2 saturated heterocycles. The summed E-state index contributed by atoms with van der Waals surface area (Å²) in [5.41, 5.74) is 1.01. The summed E-state index contributed by atoms with van der Waals surface area (Å²) < 4.78 is 17.0. The molecule has 1 unspecified atom stereocenters. The Bertz CT molecular complexity index is 367. The van der Waals surface area contributed by atoms with Crippen LogP contribution in [-0.2, 0) is 14.2 Å². The van der Waals surface area contributed by atoms with Gasteiger partial charge in [0.15, 0.2) is 6.29 Å². The third-order valence-electron chi connectivity index (χ3n) is 3.20. The van der Waals surface area contributed by atoms with Crippen LogP contribution >= 0.6 is 0 Å². The molecule has 0 radical (unpaired) electrons. The first-order valence-electron chi connectivity index (χ1n) is 5.94. The second-order valence-electron chi connectivity index (χ2n) is 4.51. The summed E-state index contributed by atoms with van der Waals surface area (Å²) in [6, 6.07) is 9.83. The largest absolute Gasteiger partial charge is 0.391 e. The molecule has 17 heavy (non-hydrogen) atoms. The fourth-order valence-corrected chi connectivity index (χ4v) is 2.29. The maximum atomic E-state index is 9.56. The molecule has 1 aromatic rings. The predicted molar refractivity (Wildman–Crippen MR) is 60.4 cm³/mol. The highest BCUT2D eigenvalue weighted by molar-refractivity contribution is 5.16. The van der Waals surface area contributed by atoms with Crippen molar-refractivity contribution in [1.29, 1.82) is 0 Å². The van der Waals surface area contributed by atoms with Gasteiger partial charge < -0.3 is 19.3 Å². The average molecular weight is 236 g/mol. The molecule has 2 aliphatic heterocycles. The monoisotopic (exact) mass is 236 g/mol. The summed E-state index contributed by atoms with van der Waals surface area (Å²) in [6.07, 6.45) is -0.259. The van der Waals surface area contributed by atoms with Crippen molar-refractivity contribution >= 4 is 0 Å². The molecular formula is C13H16O4. The normalized spacial score (nSPS) is 37.5. The minimum Gasteiger partial charge on any atom is -0.391 e. The highest BCUT2D eigenvalue weighted by Gasteiger charge is 2.37. The van der Waals surface area contributed by atoms with Crippen LogP contribution in [0.3, 0.4) is 0 Å². The van der Waals surface area contributed by atoms with Crippen LogP contribution in [0.25, 0.3) is 0 Å². The Morgan fingerprint density at radius 1 is 1.00 bits per heavy atom. The number of benzene rings is 1. The Labute approximate surface area is 100 Å². The lowest BCUT2D eigenvalue weighted by atomic mass is 10.0. The van der Waals surface area contributed by atoms with Crippen molar-refractivity contribution < 1.29 is 19.3 Å². The SMILES string of the molecule is O[C@H]1CO[C@@H]2COC(c3ccccc3)O[C@H]2C1. The van der Waals surface area contributed by atoms with Crippen molar-refractivity contribution in [3.8, 4) is 0 Å². The molecule has 2 heterocycles. The molecule has 1 aromatic carbocycles. The molecule has 0 saturated carbocycles. The molecule has 0 amide bonds. The van der Waals surface area contributed by atoms with Gasteiger partial charge >= 0.3 is 0 Å². The Morgan fingerprint density at radius 3 is 2.65 bits per heavy atom. The van der Waals surface area contributed by atoms with E-state index in [0.29, 0.717) is 19.6 Å². The van der Waals surface area contributed by atoms with E-state index in [0.717, 1.165) is 5.56 Å². The Hall–Kier alpha value is -0.940. The van der Waals surface area contributed by atoms with Crippen LogP contribution in [0.1, 0.15) is 18.3 Å². The molecule has 1 N–H and O–H groups in total. The highest BCUT2D eigenvalue weighted by Crippen LogP contribution is 2.31. The fraction of sp³-hybridized carbons (Fsp3) is 0.538. The first kappa shape index (κ1) is 11.2. The van der Waals surface area contributed by atoms with E-state index in [1.54, 1.807) is 0 Å². The van der Waals surface area contributed by atoms with E-state index in [9.17, 15) is 5.11 Å². The van der Waals surface area contributed by atoms with E-state index in [-0.39, 0.29) is 18.5 Å². The van der Waals surface area contributed by atoms with Crippen LogP contribution in [0.15, 0.2) is 30.3 Å². The van der Waals surface area contributed by atoms with Gasteiger partial charge in [-0.3, -0.25) is 0 Å². The summed E-state index contributed by atoms with van der Waals surface area (Å²) >= 11 is 0. The van der Waals surface area contributed by atoms with Gasteiger partial charge in [-0.05, 0) is 0 Å². The van der Waals surface area contributed by atoms with E-state index < -0.39 is 6.10 Å². The van der Waals surface area contributed by atoms with E-state index in [1.807, 2.05) is 30.3 Å². The molecule has 3 rings (SSSR count). The third kappa shape index (κ3) is 2.35. The molecule has 0 aliphatic carbocycles. The number of hydrogen-bond donors (Lipinski definition) is 1. The lowest BCUT2D eigenvalue weighted by Crippen LogP contribution is -2.49. The van der Waals surface area contributed by atoms with Gasteiger partial charge in [-0.1, -0.05) is 30.3 Å². The molecule has 4 heteroatoms. The molecule has 4 nitrogen and oxygen atoms in total. The van der Waals surface area contributed by atoms with Crippen molar-refractivity contribution in [2.75, 3.05) is 13.2 Å². The first-order valence-corrected chi connectivity index (χ1v) is 5.94. The van der Waals surface area contributed by atoms with Gasteiger partial charge in [0.25, 0.3) is 0 Å². The van der Waals surface area contributed by atoms with Crippen LogP contribution in [-0.4, -0.2) is 36.6 Å². The van der Waals surface area contributed by atoms with Crippen LogP contribution in [0.4, 0.5) is 0 Å². The van der Waals surface area contributed by atoms with E-state index in [4.69, 9.17) is 14.2 Å². The van der Waals surface area contributed by atoms with Gasteiger partial charge in [0, 0.05) is 12.0 Å². The lowest BCUT2D eigenvalue weighted by Gasteiger charge is -2.40. The number of aliphatic hydroxyl groups excluding tert-OH is 1. The first-order chi connectivity index (χ1) is 8.33. The smallest absolute Gasteiger partial charge is 0.184 e. The minimum absolute atomic E-state index is 0.0432. The van der Waals surface area contributed by atoms with E-state index in [2.05, 4.69) is 0 Å². The maximum absolute atomic E-state index is 9.56. The Kier molecular flexibility index (Phi) is 3.11. The second kappa shape index (κ2) is 4.74. The lowest BCUT2D eigenvalue weighted by molar-refractivity contribution is -0.288. The standard InChI is InChI=1S/C13H16O4/c14-10-6-11-12(15-7-10)8-16-13(17-11)9-4-2-1-3-5-9/h1-5,10-14H,6-8H2/t10-,11+,12-,13?/m1/s1. The van der Waals surface area contributed by atoms with Gasteiger partial charge in [-0.15, -0.1) is 0 Å². The van der Waals surface area contributed by atoms with Gasteiger partial charge in [-0.25, -0.2) is 0 Å². The summed E-state index contributed by atoms with van der Waals surface area (Å²) in [5.74, 6) is 0. The van der Waals surface area contributed by atoms with E-state index >= 15 is 0 Å². The summed E-state index contributed by atoms with van der Waals surface area (Å²) in [6.45, 7) is 0.904. The van der Waals surface area contributed by atoms with Gasteiger partial charge in [-0.2, -0.15) is 0 Å². The van der Waals surface area contributed by atoms with Crippen molar-refractivity contribution in [2.45, 2.75) is 31.0 Å². The second-order valence-corrected chi connectivity index (χ2v) is 4.51. The van der Waals surface area contributed by atoms with Crippen molar-refractivity contribution in [3.63, 3.8) is 0 Å². The number of aliphatic hydroxyl groups is 1. The quantitative estimate of drug-likeness (QED) is 0.797. The number of ether oxygens (including phenoxy) is 3. The molecule has 0 aromatic heterocycles. The number of hydrogen-bond acceptors (Lipinski definition) is 4. The van der Waals surface area contributed by atoms with Crippen LogP contribution in [0.5, 0.6) is 0 Å². The summed E-state index contributed by atoms with van der Waals surface area (Å²) in [7, 11) is 0. The average Bonchev–Trinajstić information content (AvgIpc) is 2.39. The molecule has 4 atom stereocenters. The topological polar surface area (TPSA) is 47.9 Å². The fourth-order valence-electron chi connectivity index (χ4n) is 2.29. The van der Waals surface area contributed by atoms with Crippen LogP contribution in [0, 0.1) is 0 Å². The van der Waals surface area contributed by atoms with Crippen molar-refractivity contribution in [2.24, 2.45) is 0 Å². The van der Waals surface area contributed by atoms with Gasteiger partial charge in [0.2, 0.25) is 0 Å². The summed E-state index contributed by atoms with van der Waals surface area (Å²) in [5, 5.41) is 9.56. The zero-order chi connectivity index (χ0) is 11.7. The maximum Gasteiger partial charge on any atom is 0.184 e. The Morgan fingerprint density at radius 2 is 1.82 bits per heavy atom. The van der Waals surface area contributed by atoms with E-state index in [1.165, 1.54) is 0 Å². The zero-order valence-electron chi connectivity index (χ0n) is 9.49. The molecule has 92 valence electrons. The number of fused-ring (bicyclic) bond motifs is 1. The molecule has 0 bridgehead atoms. The van der Waals surface area contributed by atoms with Crippen LogP contribution < -0.4 is 0 Å². The Balaban J connectivity index is 1.70. The van der Waals surface area contributed by atoms with Crippen LogP contribution in [0.2, 0.25) is 0 Å². The molecule has 2 aliphatic rings. The van der Waals surface area contributed by atoms with Crippen molar-refractivity contribution in [1.82, 2.24) is 0 Å². The predicted octanol–water partition coefficient (Wildman–Crippen LogP) is 1.25. The highest BCUT2D eigenvalue weighted by atomic mass is 16.7. The molecule has 2 fully saturated rings. The molecular weight excluding hydrogens is 220 g/mol. The van der Waals surface area contributed by atoms with Gasteiger partial charge in [0.1, 0.15) is 6.10 Å². The zero-order valence-corrected chi connectivity index (χ0v) is 9.49. The summed E-state index contributed by atoms with van der Waals surface area (Å²) in [4.78, 5) is 0. The minimum atomic E-state index is -0.425. The van der Waals surface area contributed by atoms with Gasteiger partial charge in [0.05, 0.1) is 25.4 Å².